The molecule has 2 aliphatic rings. The topological polar surface area (TPSA) is 70.1 Å². The van der Waals surface area contributed by atoms with Gasteiger partial charge in [-0.2, -0.15) is 11.8 Å². The Kier molecular flexibility index (Phi) is 3.92. The number of thioether (sulfide) groups is 1. The summed E-state index contributed by atoms with van der Waals surface area (Å²) >= 11 is 1.95. The molecule has 1 amide bonds. The smallest absolute Gasteiger partial charge is 0.415 e. The third-order valence-electron chi connectivity index (χ3n) is 3.62. The van der Waals surface area contributed by atoms with Crippen molar-refractivity contribution < 1.29 is 19.4 Å². The van der Waals surface area contributed by atoms with Gasteiger partial charge in [0.15, 0.2) is 0 Å². The number of aliphatic carboxylic acids is 1. The molecule has 1 aromatic rings. The molecular formula is C14H16N2O4S. The third kappa shape index (κ3) is 2.92. The van der Waals surface area contributed by atoms with Crippen LogP contribution in [0.1, 0.15) is 0 Å². The van der Waals surface area contributed by atoms with Crippen molar-refractivity contribution in [3.05, 3.63) is 24.3 Å². The van der Waals surface area contributed by atoms with Crippen molar-refractivity contribution in [3.8, 4) is 0 Å². The average molecular weight is 308 g/mol. The molecule has 2 fully saturated rings. The summed E-state index contributed by atoms with van der Waals surface area (Å²) in [6.07, 6.45) is -1.69. The van der Waals surface area contributed by atoms with Crippen LogP contribution < -0.4 is 9.80 Å². The van der Waals surface area contributed by atoms with Gasteiger partial charge in [-0.1, -0.05) is 0 Å². The van der Waals surface area contributed by atoms with Gasteiger partial charge in [-0.3, -0.25) is 4.90 Å². The van der Waals surface area contributed by atoms with Gasteiger partial charge in [-0.25, -0.2) is 9.59 Å². The first kappa shape index (κ1) is 14.1. The molecule has 2 heterocycles. The molecule has 0 radical (unpaired) electrons. The van der Waals surface area contributed by atoms with Crippen LogP contribution in [-0.4, -0.2) is 54.4 Å². The van der Waals surface area contributed by atoms with E-state index in [0.29, 0.717) is 5.69 Å². The molecule has 0 aliphatic carbocycles. The number of nitrogens with zero attached hydrogens (tertiary/aromatic N) is 2. The maximum atomic E-state index is 11.7. The SMILES string of the molecule is O=C(O)[C@H]1CN(c2ccc(N3CCSCC3)cc2)C(=O)O1. The lowest BCUT2D eigenvalue weighted by Gasteiger charge is -2.28. The Hall–Kier alpha value is -1.89. The third-order valence-corrected chi connectivity index (χ3v) is 4.57. The van der Waals surface area contributed by atoms with Crippen LogP contribution in [0.25, 0.3) is 0 Å². The summed E-state index contributed by atoms with van der Waals surface area (Å²) < 4.78 is 4.81. The minimum Gasteiger partial charge on any atom is -0.478 e. The van der Waals surface area contributed by atoms with E-state index in [4.69, 9.17) is 9.84 Å². The predicted molar refractivity (Wildman–Crippen MR) is 81.2 cm³/mol. The van der Waals surface area contributed by atoms with Gasteiger partial charge in [-0.15, -0.1) is 0 Å². The number of ether oxygens (including phenoxy) is 1. The van der Waals surface area contributed by atoms with Crippen molar-refractivity contribution in [2.45, 2.75) is 6.10 Å². The fourth-order valence-electron chi connectivity index (χ4n) is 2.47. The second-order valence-electron chi connectivity index (χ2n) is 4.94. The Balaban J connectivity index is 1.72. The monoisotopic (exact) mass is 308 g/mol. The Morgan fingerprint density at radius 2 is 1.81 bits per heavy atom. The maximum Gasteiger partial charge on any atom is 0.415 e. The Bertz CT molecular complexity index is 542. The van der Waals surface area contributed by atoms with Gasteiger partial charge < -0.3 is 14.7 Å². The molecule has 112 valence electrons. The first-order valence-corrected chi connectivity index (χ1v) is 7.94. The number of carbonyl (C=O) groups excluding carboxylic acids is 1. The summed E-state index contributed by atoms with van der Waals surface area (Å²) in [5.41, 5.74) is 1.79. The molecule has 0 bridgehead atoms. The van der Waals surface area contributed by atoms with Gasteiger partial charge in [0.2, 0.25) is 6.10 Å². The highest BCUT2D eigenvalue weighted by Gasteiger charge is 2.36. The summed E-state index contributed by atoms with van der Waals surface area (Å²) in [7, 11) is 0. The molecule has 0 spiro atoms. The number of hydrogen-bond acceptors (Lipinski definition) is 5. The number of hydrogen-bond donors (Lipinski definition) is 1. The molecule has 1 aromatic carbocycles. The zero-order chi connectivity index (χ0) is 14.8. The number of carboxylic acids is 1. The van der Waals surface area contributed by atoms with E-state index in [9.17, 15) is 9.59 Å². The fourth-order valence-corrected chi connectivity index (χ4v) is 3.37. The van der Waals surface area contributed by atoms with Gasteiger partial charge in [0.25, 0.3) is 0 Å². The number of carboxylic acid groups (broad SMARTS) is 1. The van der Waals surface area contributed by atoms with Crippen LogP contribution in [0.4, 0.5) is 16.2 Å². The summed E-state index contributed by atoms with van der Waals surface area (Å²) in [5, 5.41) is 8.90. The number of cyclic esters (lactones) is 1. The Morgan fingerprint density at radius 3 is 2.38 bits per heavy atom. The summed E-state index contributed by atoms with van der Waals surface area (Å²) in [4.78, 5) is 26.2. The molecule has 0 saturated carbocycles. The van der Waals surface area contributed by atoms with Crippen LogP contribution in [0.5, 0.6) is 0 Å². The van der Waals surface area contributed by atoms with E-state index in [1.54, 1.807) is 0 Å². The van der Waals surface area contributed by atoms with Crippen molar-refractivity contribution in [2.24, 2.45) is 0 Å². The van der Waals surface area contributed by atoms with E-state index in [1.807, 2.05) is 36.0 Å². The normalized spacial score (nSPS) is 22.3. The summed E-state index contributed by atoms with van der Waals surface area (Å²) in [6.45, 7) is 2.10. The average Bonchev–Trinajstić information content (AvgIpc) is 2.91. The number of amides is 1. The molecule has 7 heteroatoms. The molecular weight excluding hydrogens is 292 g/mol. The molecule has 1 atom stereocenters. The van der Waals surface area contributed by atoms with E-state index in [2.05, 4.69) is 4.90 Å². The van der Waals surface area contributed by atoms with E-state index in [1.165, 1.54) is 4.90 Å². The van der Waals surface area contributed by atoms with Crippen LogP contribution in [-0.2, 0) is 9.53 Å². The second kappa shape index (κ2) is 5.85. The van der Waals surface area contributed by atoms with Crippen molar-refractivity contribution in [1.29, 1.82) is 0 Å². The minimum absolute atomic E-state index is 0.0495. The highest BCUT2D eigenvalue weighted by Crippen LogP contribution is 2.26. The lowest BCUT2D eigenvalue weighted by atomic mass is 10.2. The molecule has 0 aromatic heterocycles. The Labute approximate surface area is 126 Å². The van der Waals surface area contributed by atoms with Crippen LogP contribution in [0.3, 0.4) is 0 Å². The molecule has 21 heavy (non-hydrogen) atoms. The molecule has 1 N–H and O–H groups in total. The van der Waals surface area contributed by atoms with Gasteiger partial charge in [0.05, 0.1) is 6.54 Å². The number of rotatable bonds is 3. The number of carbonyl (C=O) groups is 2. The highest BCUT2D eigenvalue weighted by molar-refractivity contribution is 7.99. The minimum atomic E-state index is -1.12. The maximum absolute atomic E-state index is 11.7. The first-order chi connectivity index (χ1) is 10.1. The largest absolute Gasteiger partial charge is 0.478 e. The van der Waals surface area contributed by atoms with Gasteiger partial charge in [0.1, 0.15) is 0 Å². The zero-order valence-corrected chi connectivity index (χ0v) is 12.2. The Morgan fingerprint density at radius 1 is 1.19 bits per heavy atom. The molecule has 3 rings (SSSR count). The quantitative estimate of drug-likeness (QED) is 0.915. The molecule has 2 saturated heterocycles. The molecule has 2 aliphatic heterocycles. The highest BCUT2D eigenvalue weighted by atomic mass is 32.2. The lowest BCUT2D eigenvalue weighted by molar-refractivity contribution is -0.144. The predicted octanol–water partition coefficient (Wildman–Crippen LogP) is 1.65. The van der Waals surface area contributed by atoms with Crippen LogP contribution in [0.2, 0.25) is 0 Å². The van der Waals surface area contributed by atoms with Crippen molar-refractivity contribution in [3.63, 3.8) is 0 Å². The van der Waals surface area contributed by atoms with Gasteiger partial charge in [-0.05, 0) is 24.3 Å². The van der Waals surface area contributed by atoms with E-state index < -0.39 is 18.2 Å². The second-order valence-corrected chi connectivity index (χ2v) is 6.16. The van der Waals surface area contributed by atoms with Gasteiger partial charge >= 0.3 is 12.1 Å². The zero-order valence-electron chi connectivity index (χ0n) is 11.4. The lowest BCUT2D eigenvalue weighted by Crippen LogP contribution is -2.32. The number of anilines is 2. The standard InChI is InChI=1S/C14H16N2O4S/c17-13(18)12-9-16(14(19)20-12)11-3-1-10(2-4-11)15-5-7-21-8-6-15/h1-4,12H,5-9H2,(H,17,18)/t12-/m1/s1. The van der Waals surface area contributed by atoms with E-state index in [0.717, 1.165) is 30.3 Å². The van der Waals surface area contributed by atoms with Crippen LogP contribution in [0.15, 0.2) is 24.3 Å². The van der Waals surface area contributed by atoms with Crippen molar-refractivity contribution >= 4 is 35.2 Å². The molecule has 0 unspecified atom stereocenters. The molecule has 6 nitrogen and oxygen atoms in total. The van der Waals surface area contributed by atoms with E-state index in [-0.39, 0.29) is 6.54 Å². The summed E-state index contributed by atoms with van der Waals surface area (Å²) in [5.74, 6) is 1.13. The van der Waals surface area contributed by atoms with Crippen LogP contribution in [0, 0.1) is 0 Å². The fraction of sp³-hybridized carbons (Fsp3) is 0.429. The first-order valence-electron chi connectivity index (χ1n) is 6.79. The summed E-state index contributed by atoms with van der Waals surface area (Å²) in [6, 6.07) is 7.60. The van der Waals surface area contributed by atoms with Gasteiger partial charge in [0, 0.05) is 36.0 Å². The van der Waals surface area contributed by atoms with Crippen LogP contribution >= 0.6 is 11.8 Å². The van der Waals surface area contributed by atoms with Crippen molar-refractivity contribution in [1.82, 2.24) is 0 Å². The van der Waals surface area contributed by atoms with Crippen molar-refractivity contribution in [2.75, 3.05) is 40.9 Å². The van der Waals surface area contributed by atoms with E-state index >= 15 is 0 Å². The number of benzene rings is 1.